The third-order valence-electron chi connectivity index (χ3n) is 4.63. The van der Waals surface area contributed by atoms with Gasteiger partial charge >= 0.3 is 0 Å². The van der Waals surface area contributed by atoms with Crippen LogP contribution in [0.15, 0.2) is 29.4 Å². The molecule has 0 radical (unpaired) electrons. The van der Waals surface area contributed by atoms with Gasteiger partial charge in [-0.1, -0.05) is 43.3 Å². The number of hydrogen-bond donors (Lipinski definition) is 1. The SMILES string of the molecule is Cc1ccc(-n2c(SC(C)C(=O)NCC(C)C)nnc2N2CCCC2)cc1. The average molecular weight is 388 g/mol. The fourth-order valence-electron chi connectivity index (χ4n) is 3.04. The Bertz CT molecular complexity index is 765. The molecule has 1 saturated heterocycles. The van der Waals surface area contributed by atoms with Gasteiger partial charge in [0.1, 0.15) is 0 Å². The lowest BCUT2D eigenvalue weighted by Gasteiger charge is -2.19. The zero-order valence-corrected chi connectivity index (χ0v) is 17.4. The summed E-state index contributed by atoms with van der Waals surface area (Å²) in [6.45, 7) is 10.9. The minimum atomic E-state index is -0.233. The Labute approximate surface area is 165 Å². The van der Waals surface area contributed by atoms with Crippen LogP contribution in [0, 0.1) is 12.8 Å². The first-order valence-corrected chi connectivity index (χ1v) is 10.6. The van der Waals surface area contributed by atoms with Gasteiger partial charge in [0.2, 0.25) is 11.9 Å². The average Bonchev–Trinajstić information content (AvgIpc) is 3.30. The van der Waals surface area contributed by atoms with E-state index in [0.29, 0.717) is 12.5 Å². The lowest BCUT2D eigenvalue weighted by atomic mass is 10.2. The maximum absolute atomic E-state index is 12.4. The molecule has 1 amide bonds. The van der Waals surface area contributed by atoms with Crippen molar-refractivity contribution in [2.45, 2.75) is 50.9 Å². The molecule has 3 rings (SSSR count). The number of carbonyl (C=O) groups excluding carboxylic acids is 1. The second-order valence-electron chi connectivity index (χ2n) is 7.55. The summed E-state index contributed by atoms with van der Waals surface area (Å²) in [4.78, 5) is 14.7. The molecule has 1 unspecified atom stereocenters. The van der Waals surface area contributed by atoms with E-state index in [-0.39, 0.29) is 11.2 Å². The minimum absolute atomic E-state index is 0.0369. The number of rotatable bonds is 7. The van der Waals surface area contributed by atoms with E-state index < -0.39 is 0 Å². The van der Waals surface area contributed by atoms with Crippen LogP contribution in [0.5, 0.6) is 0 Å². The smallest absolute Gasteiger partial charge is 0.233 e. The molecular weight excluding hydrogens is 358 g/mol. The third-order valence-corrected chi connectivity index (χ3v) is 5.68. The Morgan fingerprint density at radius 1 is 1.15 bits per heavy atom. The van der Waals surface area contributed by atoms with Crippen molar-refractivity contribution in [3.05, 3.63) is 29.8 Å². The van der Waals surface area contributed by atoms with E-state index in [1.165, 1.54) is 30.2 Å². The van der Waals surface area contributed by atoms with Gasteiger partial charge in [0.05, 0.1) is 10.9 Å². The van der Waals surface area contributed by atoms with Crippen LogP contribution in [0.2, 0.25) is 0 Å². The second kappa shape index (κ2) is 8.78. The number of aryl methyl sites for hydroxylation is 1. The normalized spacial score (nSPS) is 15.4. The molecule has 0 bridgehead atoms. The molecule has 0 saturated carbocycles. The monoisotopic (exact) mass is 387 g/mol. The van der Waals surface area contributed by atoms with Crippen LogP contribution in [0.1, 0.15) is 39.2 Å². The summed E-state index contributed by atoms with van der Waals surface area (Å²) in [7, 11) is 0. The molecular formula is C20H29N5OS. The fraction of sp³-hybridized carbons (Fsp3) is 0.550. The van der Waals surface area contributed by atoms with E-state index in [9.17, 15) is 4.79 Å². The Morgan fingerprint density at radius 2 is 1.81 bits per heavy atom. The van der Waals surface area contributed by atoms with Crippen LogP contribution in [-0.2, 0) is 4.79 Å². The number of anilines is 1. The van der Waals surface area contributed by atoms with Gasteiger partial charge in [0.15, 0.2) is 5.16 Å². The molecule has 1 aromatic carbocycles. The molecule has 1 N–H and O–H groups in total. The topological polar surface area (TPSA) is 63.1 Å². The van der Waals surface area contributed by atoms with E-state index in [0.717, 1.165) is 29.9 Å². The van der Waals surface area contributed by atoms with Crippen LogP contribution in [0.3, 0.4) is 0 Å². The number of carbonyl (C=O) groups is 1. The van der Waals surface area contributed by atoms with Gasteiger partial charge in [0, 0.05) is 19.6 Å². The molecule has 1 aliphatic rings. The lowest BCUT2D eigenvalue weighted by Crippen LogP contribution is -2.33. The maximum atomic E-state index is 12.4. The zero-order valence-electron chi connectivity index (χ0n) is 16.6. The van der Waals surface area contributed by atoms with Gasteiger partial charge in [-0.2, -0.15) is 0 Å². The van der Waals surface area contributed by atoms with E-state index in [1.807, 2.05) is 6.92 Å². The summed E-state index contributed by atoms with van der Waals surface area (Å²) in [5.41, 5.74) is 2.25. The highest BCUT2D eigenvalue weighted by Crippen LogP contribution is 2.30. The van der Waals surface area contributed by atoms with Gasteiger partial charge in [-0.15, -0.1) is 10.2 Å². The molecule has 0 spiro atoms. The number of hydrogen-bond acceptors (Lipinski definition) is 5. The number of nitrogens with zero attached hydrogens (tertiary/aromatic N) is 4. The van der Waals surface area contributed by atoms with Crippen LogP contribution < -0.4 is 10.2 Å². The van der Waals surface area contributed by atoms with Gasteiger partial charge in [-0.05, 0) is 44.7 Å². The van der Waals surface area contributed by atoms with Crippen molar-refractivity contribution >= 4 is 23.6 Å². The summed E-state index contributed by atoms with van der Waals surface area (Å²) in [6, 6.07) is 8.37. The number of aromatic nitrogens is 3. The van der Waals surface area contributed by atoms with Gasteiger partial charge in [-0.3, -0.25) is 9.36 Å². The van der Waals surface area contributed by atoms with Gasteiger partial charge < -0.3 is 10.2 Å². The van der Waals surface area contributed by atoms with E-state index in [4.69, 9.17) is 0 Å². The first-order chi connectivity index (χ1) is 13.0. The number of nitrogens with one attached hydrogen (secondary N) is 1. The highest BCUT2D eigenvalue weighted by Gasteiger charge is 2.25. The lowest BCUT2D eigenvalue weighted by molar-refractivity contribution is -0.120. The molecule has 1 fully saturated rings. The van der Waals surface area contributed by atoms with E-state index in [1.54, 1.807) is 0 Å². The highest BCUT2D eigenvalue weighted by molar-refractivity contribution is 8.00. The Kier molecular flexibility index (Phi) is 6.42. The number of amides is 1. The maximum Gasteiger partial charge on any atom is 0.233 e. The Hall–Kier alpha value is -2.02. The molecule has 27 heavy (non-hydrogen) atoms. The zero-order chi connectivity index (χ0) is 19.4. The molecule has 2 aromatic rings. The predicted molar refractivity (Wildman–Crippen MR) is 111 cm³/mol. The molecule has 1 aliphatic heterocycles. The summed E-state index contributed by atoms with van der Waals surface area (Å²) < 4.78 is 2.08. The van der Waals surface area contributed by atoms with Crippen LogP contribution in [0.4, 0.5) is 5.95 Å². The molecule has 7 heteroatoms. The minimum Gasteiger partial charge on any atom is -0.355 e. The second-order valence-corrected chi connectivity index (χ2v) is 8.85. The molecule has 2 heterocycles. The van der Waals surface area contributed by atoms with Gasteiger partial charge in [-0.25, -0.2) is 0 Å². The molecule has 6 nitrogen and oxygen atoms in total. The molecule has 1 atom stereocenters. The van der Waals surface area contributed by atoms with Crippen LogP contribution in [0.25, 0.3) is 5.69 Å². The van der Waals surface area contributed by atoms with Crippen molar-refractivity contribution in [1.82, 2.24) is 20.1 Å². The predicted octanol–water partition coefficient (Wildman–Crippen LogP) is 3.43. The van der Waals surface area contributed by atoms with E-state index >= 15 is 0 Å². The summed E-state index contributed by atoms with van der Waals surface area (Å²) in [5, 5.41) is 12.4. The molecule has 146 valence electrons. The Morgan fingerprint density at radius 3 is 2.44 bits per heavy atom. The fourth-order valence-corrected chi connectivity index (χ4v) is 3.93. The standard InChI is InChI=1S/C20H29N5OS/c1-14(2)13-21-18(26)16(4)27-20-23-22-19(24-11-5-6-12-24)25(20)17-9-7-15(3)8-10-17/h7-10,14,16H,5-6,11-13H2,1-4H3,(H,21,26). The van der Waals surface area contributed by atoms with Crippen molar-refractivity contribution in [3.63, 3.8) is 0 Å². The van der Waals surface area contributed by atoms with Crippen molar-refractivity contribution in [2.24, 2.45) is 5.92 Å². The largest absolute Gasteiger partial charge is 0.355 e. The quantitative estimate of drug-likeness (QED) is 0.738. The first kappa shape index (κ1) is 19.7. The number of benzene rings is 1. The van der Waals surface area contributed by atoms with E-state index in [2.05, 4.69) is 70.0 Å². The third kappa shape index (κ3) is 4.83. The van der Waals surface area contributed by atoms with Crippen molar-refractivity contribution < 1.29 is 4.79 Å². The summed E-state index contributed by atoms with van der Waals surface area (Å²) in [5.74, 6) is 1.34. The highest BCUT2D eigenvalue weighted by atomic mass is 32.2. The number of thioether (sulfide) groups is 1. The van der Waals surface area contributed by atoms with Crippen molar-refractivity contribution in [1.29, 1.82) is 0 Å². The van der Waals surface area contributed by atoms with Crippen molar-refractivity contribution in [2.75, 3.05) is 24.5 Å². The van der Waals surface area contributed by atoms with Crippen molar-refractivity contribution in [3.8, 4) is 5.69 Å². The first-order valence-electron chi connectivity index (χ1n) is 9.67. The summed E-state index contributed by atoms with van der Waals surface area (Å²) in [6.07, 6.45) is 2.36. The van der Waals surface area contributed by atoms with Crippen LogP contribution >= 0.6 is 11.8 Å². The molecule has 0 aliphatic carbocycles. The van der Waals surface area contributed by atoms with Gasteiger partial charge in [0.25, 0.3) is 0 Å². The van der Waals surface area contributed by atoms with Crippen LogP contribution in [-0.4, -0.2) is 45.6 Å². The Balaban J connectivity index is 1.86. The summed E-state index contributed by atoms with van der Waals surface area (Å²) >= 11 is 1.46. The molecule has 1 aromatic heterocycles.